The van der Waals surface area contributed by atoms with E-state index in [1.54, 1.807) is 6.26 Å². The molecule has 0 aliphatic heterocycles. The predicted molar refractivity (Wildman–Crippen MR) is 203 cm³/mol. The standard InChI is InChI=1S/C39H76NO9P/c1-3-5-7-9-11-13-15-16-17-18-19-20-21-22-24-26-28-30-32-46-33-36(34-47-50(44,45)48-35-37(40)39(42)43)49-38(41)31-29-27-25-23-14-12-10-8-6-4-2/h30,32,36-37H,3-29,31,33-35,40H2,1-2H3,(H,42,43)(H,44,45)/b32-30-/t36-,37+/m1/s1. The van der Waals surface area contributed by atoms with E-state index in [1.807, 2.05) is 6.08 Å². The number of aliphatic carboxylic acids is 1. The van der Waals surface area contributed by atoms with Crippen molar-refractivity contribution in [3.8, 4) is 0 Å². The van der Waals surface area contributed by atoms with Crippen molar-refractivity contribution < 1.29 is 42.7 Å². The molecule has 3 atom stereocenters. The highest BCUT2D eigenvalue weighted by Gasteiger charge is 2.27. The first-order valence-corrected chi connectivity index (χ1v) is 21.8. The minimum Gasteiger partial charge on any atom is -0.498 e. The molecule has 0 aromatic heterocycles. The van der Waals surface area contributed by atoms with Crippen LogP contribution < -0.4 is 5.73 Å². The summed E-state index contributed by atoms with van der Waals surface area (Å²) in [5.74, 6) is -1.80. The van der Waals surface area contributed by atoms with Gasteiger partial charge in [-0.1, -0.05) is 168 Å². The summed E-state index contributed by atoms with van der Waals surface area (Å²) in [6.07, 6.45) is 36.4. The molecule has 1 unspecified atom stereocenters. The Labute approximate surface area is 305 Å². The second kappa shape index (κ2) is 35.9. The summed E-state index contributed by atoms with van der Waals surface area (Å²) in [7, 11) is -4.62. The smallest absolute Gasteiger partial charge is 0.472 e. The van der Waals surface area contributed by atoms with Gasteiger partial charge in [0.05, 0.1) is 19.5 Å². The van der Waals surface area contributed by atoms with Gasteiger partial charge in [0.1, 0.15) is 12.6 Å². The number of rotatable bonds is 39. The van der Waals surface area contributed by atoms with Gasteiger partial charge < -0.3 is 25.2 Å². The van der Waals surface area contributed by atoms with Crippen molar-refractivity contribution in [2.45, 2.75) is 206 Å². The zero-order valence-corrected chi connectivity index (χ0v) is 32.9. The highest BCUT2D eigenvalue weighted by molar-refractivity contribution is 7.47. The van der Waals surface area contributed by atoms with Crippen LogP contribution in [0.3, 0.4) is 0 Å². The van der Waals surface area contributed by atoms with E-state index in [0.29, 0.717) is 6.42 Å². The number of hydrogen-bond acceptors (Lipinski definition) is 8. The third kappa shape index (κ3) is 35.0. The molecule has 296 valence electrons. The fourth-order valence-corrected chi connectivity index (χ4v) is 6.47. The van der Waals surface area contributed by atoms with Crippen molar-refractivity contribution in [1.82, 2.24) is 0 Å². The van der Waals surface area contributed by atoms with Gasteiger partial charge in [0.25, 0.3) is 0 Å². The molecule has 0 aliphatic carbocycles. The van der Waals surface area contributed by atoms with Crippen molar-refractivity contribution in [2.24, 2.45) is 5.73 Å². The minimum absolute atomic E-state index is 0.0616. The lowest BCUT2D eigenvalue weighted by Crippen LogP contribution is -2.34. The van der Waals surface area contributed by atoms with E-state index in [9.17, 15) is 19.0 Å². The molecule has 0 aromatic rings. The zero-order valence-electron chi connectivity index (χ0n) is 32.0. The normalized spacial score (nSPS) is 14.1. The number of unbranched alkanes of at least 4 members (excludes halogenated alkanes) is 25. The lowest BCUT2D eigenvalue weighted by atomic mass is 10.0. The largest absolute Gasteiger partial charge is 0.498 e. The molecule has 0 saturated heterocycles. The first-order valence-electron chi connectivity index (χ1n) is 20.3. The van der Waals surface area contributed by atoms with E-state index >= 15 is 0 Å². The molecule has 0 radical (unpaired) electrons. The lowest BCUT2D eigenvalue weighted by molar-refractivity contribution is -0.153. The van der Waals surface area contributed by atoms with Crippen molar-refractivity contribution in [1.29, 1.82) is 0 Å². The Morgan fingerprint density at radius 2 is 1.02 bits per heavy atom. The number of nitrogens with two attached hydrogens (primary N) is 1. The van der Waals surface area contributed by atoms with Gasteiger partial charge in [-0.15, -0.1) is 0 Å². The minimum atomic E-state index is -4.62. The van der Waals surface area contributed by atoms with Gasteiger partial charge in [-0.05, 0) is 25.3 Å². The van der Waals surface area contributed by atoms with E-state index in [4.69, 9.17) is 24.8 Å². The number of allylic oxidation sites excluding steroid dienone is 1. The Hall–Kier alpha value is -1.45. The van der Waals surface area contributed by atoms with Crippen molar-refractivity contribution >= 4 is 19.8 Å². The van der Waals surface area contributed by atoms with E-state index < -0.39 is 45.1 Å². The first-order chi connectivity index (χ1) is 24.2. The molecule has 0 amide bonds. The second-order valence-corrected chi connectivity index (χ2v) is 15.3. The Bertz CT molecular complexity index is 857. The topological polar surface area (TPSA) is 155 Å². The van der Waals surface area contributed by atoms with Gasteiger partial charge in [-0.3, -0.25) is 18.6 Å². The molecule has 0 spiro atoms. The highest BCUT2D eigenvalue weighted by Crippen LogP contribution is 2.43. The van der Waals surface area contributed by atoms with Gasteiger partial charge in [-0.25, -0.2) is 4.57 Å². The zero-order chi connectivity index (χ0) is 37.0. The highest BCUT2D eigenvalue weighted by atomic mass is 31.2. The number of carbonyl (C=O) groups excluding carboxylic acids is 1. The first kappa shape index (κ1) is 48.5. The van der Waals surface area contributed by atoms with Gasteiger partial charge >= 0.3 is 19.8 Å². The maximum Gasteiger partial charge on any atom is 0.472 e. The average molecular weight is 734 g/mol. The summed E-state index contributed by atoms with van der Waals surface area (Å²) in [4.78, 5) is 33.3. The van der Waals surface area contributed by atoms with Crippen molar-refractivity contribution in [3.63, 3.8) is 0 Å². The van der Waals surface area contributed by atoms with Gasteiger partial charge in [0.2, 0.25) is 0 Å². The Kier molecular flexibility index (Phi) is 34.9. The summed E-state index contributed by atoms with van der Waals surface area (Å²) in [6.45, 7) is 3.27. The molecule has 0 aliphatic rings. The van der Waals surface area contributed by atoms with E-state index in [0.717, 1.165) is 32.1 Å². The number of ether oxygens (including phenoxy) is 2. The molecule has 11 heteroatoms. The maximum atomic E-state index is 12.5. The van der Waals surface area contributed by atoms with E-state index in [-0.39, 0.29) is 13.0 Å². The number of phosphoric ester groups is 1. The molecule has 0 fully saturated rings. The number of carboxylic acid groups (broad SMARTS) is 1. The molecular weight excluding hydrogens is 657 g/mol. The van der Waals surface area contributed by atoms with Gasteiger partial charge in [0.15, 0.2) is 6.10 Å². The summed E-state index contributed by atoms with van der Waals surface area (Å²) in [5.41, 5.74) is 5.33. The third-order valence-corrected chi connectivity index (χ3v) is 9.84. The lowest BCUT2D eigenvalue weighted by Gasteiger charge is -2.20. The summed E-state index contributed by atoms with van der Waals surface area (Å²) < 4.78 is 33.0. The van der Waals surface area contributed by atoms with Crippen LogP contribution in [-0.2, 0) is 32.7 Å². The van der Waals surface area contributed by atoms with Crippen LogP contribution in [0.5, 0.6) is 0 Å². The van der Waals surface area contributed by atoms with Gasteiger partial charge in [-0.2, -0.15) is 0 Å². The van der Waals surface area contributed by atoms with Gasteiger partial charge in [0, 0.05) is 6.42 Å². The number of carboxylic acids is 1. The molecule has 50 heavy (non-hydrogen) atoms. The summed E-state index contributed by atoms with van der Waals surface area (Å²) in [5, 5.41) is 8.86. The maximum absolute atomic E-state index is 12.5. The molecular formula is C39H76NO9P. The summed E-state index contributed by atoms with van der Waals surface area (Å²) in [6, 6.07) is -1.48. The number of phosphoric acid groups is 1. The third-order valence-electron chi connectivity index (χ3n) is 8.89. The Balaban J connectivity index is 4.24. The molecule has 4 N–H and O–H groups in total. The molecule has 10 nitrogen and oxygen atoms in total. The van der Waals surface area contributed by atoms with Crippen LogP contribution in [-0.4, -0.2) is 53.9 Å². The number of carbonyl (C=O) groups is 2. The Morgan fingerprint density at radius 3 is 1.46 bits per heavy atom. The fourth-order valence-electron chi connectivity index (χ4n) is 5.69. The van der Waals surface area contributed by atoms with Crippen LogP contribution in [0.25, 0.3) is 0 Å². The molecule has 0 bridgehead atoms. The molecule has 0 saturated carbocycles. The van der Waals surface area contributed by atoms with Crippen LogP contribution in [0.2, 0.25) is 0 Å². The van der Waals surface area contributed by atoms with Crippen LogP contribution in [0.15, 0.2) is 12.3 Å². The SMILES string of the molecule is CCCCCCCCCCCCCCCCCC/C=C\OC[C@H](COP(=O)(O)OC[C@H](N)C(=O)O)OC(=O)CCCCCCCCCCCC. The second-order valence-electron chi connectivity index (χ2n) is 13.8. The number of hydrogen-bond donors (Lipinski definition) is 3. The monoisotopic (exact) mass is 734 g/mol. The molecule has 0 rings (SSSR count). The van der Waals surface area contributed by atoms with E-state index in [1.165, 1.54) is 135 Å². The van der Waals surface area contributed by atoms with Crippen LogP contribution in [0.4, 0.5) is 0 Å². The van der Waals surface area contributed by atoms with Crippen LogP contribution in [0, 0.1) is 0 Å². The average Bonchev–Trinajstić information content (AvgIpc) is 3.09. The van der Waals surface area contributed by atoms with E-state index in [2.05, 4.69) is 18.4 Å². The van der Waals surface area contributed by atoms with Crippen LogP contribution >= 0.6 is 7.82 Å². The quantitative estimate of drug-likeness (QED) is 0.0240. The number of esters is 1. The van der Waals surface area contributed by atoms with Crippen LogP contribution in [0.1, 0.15) is 194 Å². The molecule has 0 heterocycles. The summed E-state index contributed by atoms with van der Waals surface area (Å²) >= 11 is 0. The Morgan fingerprint density at radius 1 is 0.620 bits per heavy atom. The van der Waals surface area contributed by atoms with Crippen molar-refractivity contribution in [2.75, 3.05) is 19.8 Å². The fraction of sp³-hybridized carbons (Fsp3) is 0.897. The van der Waals surface area contributed by atoms with Crippen molar-refractivity contribution in [3.05, 3.63) is 12.3 Å². The predicted octanol–water partition coefficient (Wildman–Crippen LogP) is 10.9. The molecule has 0 aromatic carbocycles.